The first-order valence-electron chi connectivity index (χ1n) is 10.1. The van der Waals surface area contributed by atoms with E-state index in [1.165, 1.54) is 5.56 Å². The van der Waals surface area contributed by atoms with Gasteiger partial charge < -0.3 is 15.1 Å². The van der Waals surface area contributed by atoms with Crippen LogP contribution in [0.15, 0.2) is 48.5 Å². The van der Waals surface area contributed by atoms with Crippen LogP contribution in [-0.4, -0.2) is 46.7 Å². The largest absolute Gasteiger partial charge is 0.329 e. The fourth-order valence-corrected chi connectivity index (χ4v) is 4.05. The van der Waals surface area contributed by atoms with Crippen LogP contribution in [0, 0.1) is 0 Å². The molecular weight excluding hydrogens is 366 g/mol. The van der Waals surface area contributed by atoms with Crippen molar-refractivity contribution in [1.82, 2.24) is 9.80 Å². The molecule has 2 aliphatic rings. The van der Waals surface area contributed by atoms with Gasteiger partial charge in [-0.15, -0.1) is 0 Å². The normalized spacial score (nSPS) is 18.7. The molecule has 3 amide bonds. The van der Waals surface area contributed by atoms with Crippen LogP contribution < -0.4 is 5.32 Å². The Kier molecular flexibility index (Phi) is 5.34. The molecule has 1 N–H and O–H groups in total. The number of amides is 3. The fourth-order valence-electron chi connectivity index (χ4n) is 4.05. The van der Waals surface area contributed by atoms with Gasteiger partial charge in [0.15, 0.2) is 0 Å². The predicted octanol–water partition coefficient (Wildman–Crippen LogP) is 2.83. The highest BCUT2D eigenvalue weighted by molar-refractivity contribution is 6.04. The van der Waals surface area contributed by atoms with Gasteiger partial charge in [0.05, 0.1) is 0 Å². The number of rotatable bonds is 5. The van der Waals surface area contributed by atoms with Crippen LogP contribution in [-0.2, 0) is 22.6 Å². The Labute approximate surface area is 170 Å². The third-order valence-corrected chi connectivity index (χ3v) is 5.68. The SMILES string of the molecule is CCc1cccc(NC(=O)c2ccc(CN3CC(=O)N4CCCC4C3=O)cc2)c1. The van der Waals surface area contributed by atoms with Crippen molar-refractivity contribution in [3.8, 4) is 0 Å². The first-order valence-corrected chi connectivity index (χ1v) is 10.1. The minimum absolute atomic E-state index is 0.0254. The molecule has 2 fully saturated rings. The highest BCUT2D eigenvalue weighted by atomic mass is 16.2. The Balaban J connectivity index is 1.40. The zero-order chi connectivity index (χ0) is 20.4. The molecule has 2 saturated heterocycles. The Morgan fingerprint density at radius 3 is 2.66 bits per heavy atom. The smallest absolute Gasteiger partial charge is 0.255 e. The highest BCUT2D eigenvalue weighted by Gasteiger charge is 2.41. The van der Waals surface area contributed by atoms with Crippen LogP contribution >= 0.6 is 0 Å². The lowest BCUT2D eigenvalue weighted by Crippen LogP contribution is -2.56. The summed E-state index contributed by atoms with van der Waals surface area (Å²) in [6, 6.07) is 14.7. The molecule has 1 unspecified atom stereocenters. The average Bonchev–Trinajstić information content (AvgIpc) is 3.23. The number of aryl methyl sites for hydroxylation is 1. The molecule has 4 rings (SSSR count). The maximum absolute atomic E-state index is 12.7. The van der Waals surface area contributed by atoms with Crippen molar-refractivity contribution in [2.45, 2.75) is 38.8 Å². The van der Waals surface area contributed by atoms with Crippen LogP contribution in [0.2, 0.25) is 0 Å². The molecule has 29 heavy (non-hydrogen) atoms. The van der Waals surface area contributed by atoms with Gasteiger partial charge in [0, 0.05) is 24.3 Å². The van der Waals surface area contributed by atoms with Crippen LogP contribution in [0.5, 0.6) is 0 Å². The molecule has 0 aliphatic carbocycles. The predicted molar refractivity (Wildman–Crippen MR) is 110 cm³/mol. The number of carbonyl (C=O) groups excluding carboxylic acids is 3. The van der Waals surface area contributed by atoms with E-state index in [-0.39, 0.29) is 30.3 Å². The van der Waals surface area contributed by atoms with Crippen molar-refractivity contribution >= 4 is 23.4 Å². The highest BCUT2D eigenvalue weighted by Crippen LogP contribution is 2.24. The minimum atomic E-state index is -0.291. The molecule has 0 spiro atoms. The molecule has 0 saturated carbocycles. The molecule has 2 aliphatic heterocycles. The third kappa shape index (κ3) is 4.01. The van der Waals surface area contributed by atoms with E-state index in [2.05, 4.69) is 12.2 Å². The average molecular weight is 391 g/mol. The Morgan fingerprint density at radius 1 is 1.10 bits per heavy atom. The van der Waals surface area contributed by atoms with E-state index in [4.69, 9.17) is 0 Å². The maximum atomic E-state index is 12.7. The maximum Gasteiger partial charge on any atom is 0.255 e. The van der Waals surface area contributed by atoms with Crippen LogP contribution in [0.1, 0.15) is 41.3 Å². The first kappa shape index (κ1) is 19.2. The summed E-state index contributed by atoms with van der Waals surface area (Å²) in [6.07, 6.45) is 2.55. The summed E-state index contributed by atoms with van der Waals surface area (Å²) in [6.45, 7) is 3.28. The Hall–Kier alpha value is -3.15. The second kappa shape index (κ2) is 8.07. The zero-order valence-corrected chi connectivity index (χ0v) is 16.6. The van der Waals surface area contributed by atoms with Crippen molar-refractivity contribution in [1.29, 1.82) is 0 Å². The lowest BCUT2D eigenvalue weighted by Gasteiger charge is -2.36. The lowest BCUT2D eigenvalue weighted by atomic mass is 10.1. The summed E-state index contributed by atoms with van der Waals surface area (Å²) in [7, 11) is 0. The molecule has 150 valence electrons. The van der Waals surface area contributed by atoms with Crippen molar-refractivity contribution in [2.75, 3.05) is 18.4 Å². The Morgan fingerprint density at radius 2 is 1.90 bits per heavy atom. The number of nitrogens with one attached hydrogen (secondary N) is 1. The fraction of sp³-hybridized carbons (Fsp3) is 0.348. The summed E-state index contributed by atoms with van der Waals surface area (Å²) in [5.41, 5.74) is 3.40. The summed E-state index contributed by atoms with van der Waals surface area (Å²) in [5.74, 6) is -0.118. The number of hydrogen-bond donors (Lipinski definition) is 1. The van der Waals surface area contributed by atoms with Gasteiger partial charge in [-0.3, -0.25) is 14.4 Å². The van der Waals surface area contributed by atoms with Crippen molar-refractivity contribution in [3.63, 3.8) is 0 Å². The number of nitrogens with zero attached hydrogens (tertiary/aromatic N) is 2. The number of anilines is 1. The molecule has 6 nitrogen and oxygen atoms in total. The topological polar surface area (TPSA) is 69.7 Å². The number of hydrogen-bond acceptors (Lipinski definition) is 3. The second-order valence-electron chi connectivity index (χ2n) is 7.64. The van der Waals surface area contributed by atoms with Gasteiger partial charge in [0.1, 0.15) is 12.6 Å². The minimum Gasteiger partial charge on any atom is -0.329 e. The van der Waals surface area contributed by atoms with Crippen LogP contribution in [0.4, 0.5) is 5.69 Å². The molecule has 0 aromatic heterocycles. The summed E-state index contributed by atoms with van der Waals surface area (Å²) in [4.78, 5) is 40.8. The summed E-state index contributed by atoms with van der Waals surface area (Å²) in [5, 5.41) is 2.92. The van der Waals surface area contributed by atoms with E-state index in [1.807, 2.05) is 36.4 Å². The van der Waals surface area contributed by atoms with Gasteiger partial charge in [-0.05, 0) is 54.7 Å². The van der Waals surface area contributed by atoms with Gasteiger partial charge in [-0.1, -0.05) is 31.2 Å². The number of fused-ring (bicyclic) bond motifs is 1. The van der Waals surface area contributed by atoms with Gasteiger partial charge in [0.25, 0.3) is 5.91 Å². The molecule has 0 bridgehead atoms. The molecule has 6 heteroatoms. The van der Waals surface area contributed by atoms with Gasteiger partial charge in [0.2, 0.25) is 11.8 Å². The van der Waals surface area contributed by atoms with Crippen molar-refractivity contribution in [3.05, 3.63) is 65.2 Å². The number of benzene rings is 2. The monoisotopic (exact) mass is 391 g/mol. The van der Waals surface area contributed by atoms with E-state index >= 15 is 0 Å². The van der Waals surface area contributed by atoms with Crippen molar-refractivity contribution in [2.24, 2.45) is 0 Å². The van der Waals surface area contributed by atoms with E-state index in [0.717, 1.165) is 30.5 Å². The molecule has 2 aromatic carbocycles. The van der Waals surface area contributed by atoms with Gasteiger partial charge in [-0.25, -0.2) is 0 Å². The molecule has 2 heterocycles. The van der Waals surface area contributed by atoms with Crippen molar-refractivity contribution < 1.29 is 14.4 Å². The number of piperazine rings is 1. The molecule has 2 aromatic rings. The van der Waals surface area contributed by atoms with Gasteiger partial charge >= 0.3 is 0 Å². The molecule has 1 atom stereocenters. The zero-order valence-electron chi connectivity index (χ0n) is 16.6. The van der Waals surface area contributed by atoms with E-state index in [1.54, 1.807) is 21.9 Å². The molecule has 0 radical (unpaired) electrons. The summed E-state index contributed by atoms with van der Waals surface area (Å²) < 4.78 is 0. The summed E-state index contributed by atoms with van der Waals surface area (Å²) >= 11 is 0. The van der Waals surface area contributed by atoms with Crippen LogP contribution in [0.25, 0.3) is 0 Å². The third-order valence-electron chi connectivity index (χ3n) is 5.68. The first-order chi connectivity index (χ1) is 14.0. The van der Waals surface area contributed by atoms with E-state index in [9.17, 15) is 14.4 Å². The quantitative estimate of drug-likeness (QED) is 0.852. The lowest BCUT2D eigenvalue weighted by molar-refractivity contribution is -0.154. The second-order valence-corrected chi connectivity index (χ2v) is 7.64. The Bertz CT molecular complexity index is 939. The van der Waals surface area contributed by atoms with Crippen LogP contribution in [0.3, 0.4) is 0 Å². The molecular formula is C23H25N3O3. The van der Waals surface area contributed by atoms with Gasteiger partial charge in [-0.2, -0.15) is 0 Å². The van der Waals surface area contributed by atoms with E-state index < -0.39 is 0 Å². The van der Waals surface area contributed by atoms with E-state index in [0.29, 0.717) is 18.7 Å². The standard InChI is InChI=1S/C23H25N3O3/c1-2-16-5-3-6-19(13-16)24-22(28)18-10-8-17(9-11-18)14-25-15-21(27)26-12-4-7-20(26)23(25)29/h3,5-6,8-11,13,20H,2,4,7,12,14-15H2,1H3,(H,24,28). The number of carbonyl (C=O) groups is 3.